The Hall–Kier alpha value is -1.59. The molecule has 2 fully saturated rings. The Kier molecular flexibility index (Phi) is 6.35. The summed E-state index contributed by atoms with van der Waals surface area (Å²) >= 11 is 0. The fourth-order valence-electron chi connectivity index (χ4n) is 3.66. The van der Waals surface area contributed by atoms with Crippen LogP contribution in [0.4, 0.5) is 4.39 Å². The van der Waals surface area contributed by atoms with E-state index in [4.69, 9.17) is 0 Å². The molecule has 0 amide bonds. The van der Waals surface area contributed by atoms with Crippen LogP contribution in [-0.4, -0.2) is 97.3 Å². The molecule has 0 radical (unpaired) electrons. The van der Waals surface area contributed by atoms with E-state index < -0.39 is 28.0 Å². The van der Waals surface area contributed by atoms with Crippen molar-refractivity contribution in [2.45, 2.75) is 13.0 Å². The maximum Gasteiger partial charge on any atom is 0.325 e. The zero-order chi connectivity index (χ0) is 20.5. The summed E-state index contributed by atoms with van der Waals surface area (Å²) in [5.74, 6) is -1.52. The quantitative estimate of drug-likeness (QED) is 0.750. The van der Waals surface area contributed by atoms with Crippen molar-refractivity contribution in [1.29, 1.82) is 0 Å². The Morgan fingerprint density at radius 3 is 2.07 bits per heavy atom. The highest BCUT2D eigenvalue weighted by Gasteiger charge is 2.37. The van der Waals surface area contributed by atoms with E-state index in [9.17, 15) is 22.7 Å². The Balaban J connectivity index is 1.69. The molecular formula is C18H27FN4O4S. The van der Waals surface area contributed by atoms with Gasteiger partial charge in [-0.25, -0.2) is 4.39 Å². The van der Waals surface area contributed by atoms with Crippen molar-refractivity contribution >= 4 is 16.2 Å². The van der Waals surface area contributed by atoms with Gasteiger partial charge in [0.2, 0.25) is 0 Å². The summed E-state index contributed by atoms with van der Waals surface area (Å²) in [5, 5.41) is 9.68. The van der Waals surface area contributed by atoms with Gasteiger partial charge in [-0.3, -0.25) is 9.69 Å². The van der Waals surface area contributed by atoms with Crippen LogP contribution in [0.3, 0.4) is 0 Å². The molecule has 0 aliphatic carbocycles. The Bertz CT molecular complexity index is 819. The van der Waals surface area contributed by atoms with Gasteiger partial charge >= 0.3 is 5.97 Å². The molecule has 2 aliphatic rings. The predicted molar refractivity (Wildman–Crippen MR) is 103 cm³/mol. The molecule has 0 saturated carbocycles. The molecule has 1 unspecified atom stereocenters. The summed E-state index contributed by atoms with van der Waals surface area (Å²) in [5.41, 5.74) is 0.821. The van der Waals surface area contributed by atoms with Crippen LogP contribution in [0.5, 0.6) is 0 Å². The van der Waals surface area contributed by atoms with Crippen molar-refractivity contribution < 1.29 is 22.7 Å². The summed E-state index contributed by atoms with van der Waals surface area (Å²) in [6, 6.07) is 3.43. The van der Waals surface area contributed by atoms with Gasteiger partial charge in [0.25, 0.3) is 10.2 Å². The molecule has 0 bridgehead atoms. The average Bonchev–Trinajstić information content (AvgIpc) is 2.65. The van der Waals surface area contributed by atoms with Crippen LogP contribution in [0.25, 0.3) is 0 Å². The first-order chi connectivity index (χ1) is 13.2. The highest BCUT2D eigenvalue weighted by molar-refractivity contribution is 7.86. The fourth-order valence-corrected chi connectivity index (χ4v) is 5.24. The molecule has 2 heterocycles. The number of carboxylic acids is 1. The zero-order valence-corrected chi connectivity index (χ0v) is 17.0. The minimum absolute atomic E-state index is 0.215. The second-order valence-electron chi connectivity index (χ2n) is 7.39. The van der Waals surface area contributed by atoms with Crippen molar-refractivity contribution in [3.63, 3.8) is 0 Å². The second-order valence-corrected chi connectivity index (χ2v) is 9.32. The summed E-state index contributed by atoms with van der Waals surface area (Å²) < 4.78 is 42.5. The lowest BCUT2D eigenvalue weighted by atomic mass is 10.0. The lowest BCUT2D eigenvalue weighted by Gasteiger charge is -2.40. The molecule has 28 heavy (non-hydrogen) atoms. The number of halogens is 1. The Labute approximate surface area is 165 Å². The number of hydrogen-bond acceptors (Lipinski definition) is 5. The molecule has 10 heteroatoms. The molecular weight excluding hydrogens is 387 g/mol. The molecule has 3 rings (SSSR count). The third-order valence-electron chi connectivity index (χ3n) is 5.50. The number of likely N-dealkylation sites (N-methyl/N-ethyl adjacent to an activating group) is 1. The van der Waals surface area contributed by atoms with E-state index in [2.05, 4.69) is 4.90 Å². The smallest absolute Gasteiger partial charge is 0.325 e. The van der Waals surface area contributed by atoms with Gasteiger partial charge in [0.1, 0.15) is 11.9 Å². The summed E-state index contributed by atoms with van der Waals surface area (Å²) in [4.78, 5) is 15.6. The number of nitrogens with zero attached hydrogens (tertiary/aromatic N) is 4. The minimum Gasteiger partial charge on any atom is -0.480 e. The minimum atomic E-state index is -3.55. The van der Waals surface area contributed by atoms with Gasteiger partial charge in [0, 0.05) is 52.4 Å². The van der Waals surface area contributed by atoms with Crippen LogP contribution in [0.2, 0.25) is 0 Å². The topological polar surface area (TPSA) is 84.4 Å². The number of aliphatic carboxylic acids is 1. The van der Waals surface area contributed by atoms with E-state index >= 15 is 0 Å². The van der Waals surface area contributed by atoms with Crippen LogP contribution in [0, 0.1) is 12.7 Å². The molecule has 2 aliphatic heterocycles. The molecule has 0 aromatic heterocycles. The van der Waals surface area contributed by atoms with Crippen molar-refractivity contribution in [3.8, 4) is 0 Å². The Morgan fingerprint density at radius 2 is 1.57 bits per heavy atom. The van der Waals surface area contributed by atoms with Crippen LogP contribution in [0.15, 0.2) is 18.2 Å². The van der Waals surface area contributed by atoms with Crippen molar-refractivity contribution in [1.82, 2.24) is 18.4 Å². The maximum atomic E-state index is 13.9. The second kappa shape index (κ2) is 8.42. The van der Waals surface area contributed by atoms with Crippen LogP contribution in [0.1, 0.15) is 17.2 Å². The summed E-state index contributed by atoms with van der Waals surface area (Å²) in [6.07, 6.45) is 0. The number of hydrogen-bond donors (Lipinski definition) is 1. The van der Waals surface area contributed by atoms with Gasteiger partial charge in [-0.1, -0.05) is 12.1 Å². The highest BCUT2D eigenvalue weighted by Crippen LogP contribution is 2.25. The van der Waals surface area contributed by atoms with E-state index in [1.54, 1.807) is 24.0 Å². The molecule has 1 N–H and O–H groups in total. The molecule has 156 valence electrons. The molecule has 8 nitrogen and oxygen atoms in total. The SMILES string of the molecule is Cc1ccc(C(C(=O)O)N2CCN(S(=O)(=O)N3CCN(C)CC3)CC2)cc1F. The number of rotatable bonds is 5. The van der Waals surface area contributed by atoms with E-state index in [1.165, 1.54) is 14.7 Å². The summed E-state index contributed by atoms with van der Waals surface area (Å²) in [6.45, 7) is 4.91. The van der Waals surface area contributed by atoms with Crippen molar-refractivity contribution in [2.75, 3.05) is 59.4 Å². The molecule has 1 aromatic rings. The van der Waals surface area contributed by atoms with Crippen LogP contribution < -0.4 is 0 Å². The zero-order valence-electron chi connectivity index (χ0n) is 16.2. The van der Waals surface area contributed by atoms with E-state index in [0.29, 0.717) is 37.3 Å². The largest absolute Gasteiger partial charge is 0.480 e. The third-order valence-corrected chi connectivity index (χ3v) is 7.53. The lowest BCUT2D eigenvalue weighted by Crippen LogP contribution is -2.57. The molecule has 0 spiro atoms. The number of benzene rings is 1. The van der Waals surface area contributed by atoms with Gasteiger partial charge in [-0.05, 0) is 31.2 Å². The molecule has 1 atom stereocenters. The van der Waals surface area contributed by atoms with Crippen molar-refractivity contribution in [3.05, 3.63) is 35.1 Å². The first kappa shape index (κ1) is 21.1. The third kappa shape index (κ3) is 4.36. The average molecular weight is 415 g/mol. The number of piperazine rings is 2. The monoisotopic (exact) mass is 414 g/mol. The number of carbonyl (C=O) groups is 1. The van der Waals surface area contributed by atoms with E-state index in [1.807, 2.05) is 7.05 Å². The van der Waals surface area contributed by atoms with Gasteiger partial charge in [0.05, 0.1) is 0 Å². The first-order valence-electron chi connectivity index (χ1n) is 9.37. The normalized spacial score (nSPS) is 22.2. The van der Waals surface area contributed by atoms with Gasteiger partial charge in [0.15, 0.2) is 0 Å². The lowest BCUT2D eigenvalue weighted by molar-refractivity contribution is -0.144. The van der Waals surface area contributed by atoms with Gasteiger partial charge in [-0.2, -0.15) is 17.0 Å². The standard InChI is InChI=1S/C18H27FN4O4S/c1-14-3-4-15(13-16(14)19)17(18(24)25)21-7-11-23(12-8-21)28(26,27)22-9-5-20(2)6-10-22/h3-4,13,17H,5-12H2,1-2H3,(H,24,25). The highest BCUT2D eigenvalue weighted by atomic mass is 32.2. The van der Waals surface area contributed by atoms with Gasteiger partial charge in [-0.15, -0.1) is 0 Å². The summed E-state index contributed by atoms with van der Waals surface area (Å²) in [7, 11) is -1.59. The Morgan fingerprint density at radius 1 is 1.04 bits per heavy atom. The van der Waals surface area contributed by atoms with Crippen LogP contribution >= 0.6 is 0 Å². The number of aryl methyl sites for hydroxylation is 1. The van der Waals surface area contributed by atoms with Gasteiger partial charge < -0.3 is 10.0 Å². The van der Waals surface area contributed by atoms with E-state index in [-0.39, 0.29) is 26.2 Å². The maximum absolute atomic E-state index is 13.9. The molecule has 2 saturated heterocycles. The fraction of sp³-hybridized carbons (Fsp3) is 0.611. The molecule has 1 aromatic carbocycles. The van der Waals surface area contributed by atoms with E-state index in [0.717, 1.165) is 0 Å². The van der Waals surface area contributed by atoms with Crippen molar-refractivity contribution in [2.24, 2.45) is 0 Å². The number of carboxylic acid groups (broad SMARTS) is 1. The predicted octanol–water partition coefficient (Wildman–Crippen LogP) is 0.370. The first-order valence-corrected chi connectivity index (χ1v) is 10.8. The van der Waals surface area contributed by atoms with Crippen LogP contribution in [-0.2, 0) is 15.0 Å².